The highest BCUT2D eigenvalue weighted by atomic mass is 32.2. The molecule has 5 heteroatoms. The normalized spacial score (nSPS) is 12.0. The van der Waals surface area contributed by atoms with Crippen molar-refractivity contribution in [3.05, 3.63) is 95.6 Å². The molecule has 0 radical (unpaired) electrons. The molecule has 0 aliphatic heterocycles. The van der Waals surface area contributed by atoms with Gasteiger partial charge in [0.15, 0.2) is 5.58 Å². The Bertz CT molecular complexity index is 1080. The van der Waals surface area contributed by atoms with Crippen molar-refractivity contribution in [3.8, 4) is 0 Å². The van der Waals surface area contributed by atoms with Gasteiger partial charge in [0.1, 0.15) is 5.52 Å². The van der Waals surface area contributed by atoms with Gasteiger partial charge >= 0.3 is 0 Å². The molecule has 0 saturated heterocycles. The fourth-order valence-electron chi connectivity index (χ4n) is 3.16. The molecule has 29 heavy (non-hydrogen) atoms. The van der Waals surface area contributed by atoms with Crippen LogP contribution in [0.4, 0.5) is 0 Å². The average Bonchev–Trinajstić information content (AvgIpc) is 3.19. The highest BCUT2D eigenvalue weighted by Crippen LogP contribution is 2.27. The Hall–Kier alpha value is -3.05. The van der Waals surface area contributed by atoms with Crippen LogP contribution < -0.4 is 5.32 Å². The zero-order valence-corrected chi connectivity index (χ0v) is 17.0. The third kappa shape index (κ3) is 4.69. The number of hydrogen-bond donors (Lipinski definition) is 1. The van der Waals surface area contributed by atoms with E-state index in [0.29, 0.717) is 23.1 Å². The Morgan fingerprint density at radius 3 is 2.55 bits per heavy atom. The lowest BCUT2D eigenvalue weighted by atomic mass is 10.0. The highest BCUT2D eigenvalue weighted by molar-refractivity contribution is 7.98. The minimum absolute atomic E-state index is 0.0541. The first kappa shape index (κ1) is 19.3. The van der Waals surface area contributed by atoms with E-state index in [9.17, 15) is 4.79 Å². The number of thioether (sulfide) groups is 1. The van der Waals surface area contributed by atoms with Crippen molar-refractivity contribution in [1.82, 2.24) is 10.3 Å². The number of benzene rings is 3. The van der Waals surface area contributed by atoms with E-state index in [4.69, 9.17) is 4.42 Å². The molecule has 0 saturated carbocycles. The fourth-order valence-corrected chi connectivity index (χ4v) is 4.00. The van der Waals surface area contributed by atoms with Crippen molar-refractivity contribution in [2.24, 2.45) is 0 Å². The summed E-state index contributed by atoms with van der Waals surface area (Å²) in [5.41, 5.74) is 4.49. The molecule has 1 aromatic heterocycles. The molecule has 0 bridgehead atoms. The summed E-state index contributed by atoms with van der Waals surface area (Å²) in [6, 6.07) is 25.6. The predicted molar refractivity (Wildman–Crippen MR) is 117 cm³/mol. The smallest absolute Gasteiger partial charge is 0.257 e. The van der Waals surface area contributed by atoms with E-state index in [1.54, 1.807) is 0 Å². The average molecular weight is 403 g/mol. The zero-order chi connectivity index (χ0) is 20.1. The number of carbonyl (C=O) groups excluding carboxylic acids is 1. The highest BCUT2D eigenvalue weighted by Gasteiger charge is 2.14. The lowest BCUT2D eigenvalue weighted by Gasteiger charge is -2.14. The quantitative estimate of drug-likeness (QED) is 0.406. The Labute approximate surface area is 174 Å². The third-order valence-electron chi connectivity index (χ3n) is 4.82. The van der Waals surface area contributed by atoms with E-state index in [1.165, 1.54) is 17.3 Å². The molecule has 0 spiro atoms. The molecular weight excluding hydrogens is 380 g/mol. The van der Waals surface area contributed by atoms with Gasteiger partial charge in [0, 0.05) is 17.9 Å². The topological polar surface area (TPSA) is 55.1 Å². The zero-order valence-electron chi connectivity index (χ0n) is 16.2. The molecule has 146 valence electrons. The van der Waals surface area contributed by atoms with Crippen LogP contribution in [0.2, 0.25) is 0 Å². The number of para-hydroxylation sites is 2. The van der Waals surface area contributed by atoms with Crippen molar-refractivity contribution in [2.45, 2.75) is 23.8 Å². The van der Waals surface area contributed by atoms with Crippen LogP contribution in [0.3, 0.4) is 0 Å². The van der Waals surface area contributed by atoms with Gasteiger partial charge in [-0.05, 0) is 35.2 Å². The van der Waals surface area contributed by atoms with Gasteiger partial charge in [0.2, 0.25) is 0 Å². The van der Waals surface area contributed by atoms with E-state index in [1.807, 2.05) is 66.7 Å². The van der Waals surface area contributed by atoms with Crippen molar-refractivity contribution < 1.29 is 9.21 Å². The maximum absolute atomic E-state index is 12.8. The SMILES string of the molecule is CC(CNC(=O)c1ccccc1CSc1nc2ccccc2o1)c1ccccc1. The van der Waals surface area contributed by atoms with Crippen molar-refractivity contribution >= 4 is 28.8 Å². The second-order valence-corrected chi connectivity index (χ2v) is 7.84. The number of nitrogens with one attached hydrogen (secondary N) is 1. The summed E-state index contributed by atoms with van der Waals surface area (Å²) in [5, 5.41) is 3.68. The van der Waals surface area contributed by atoms with Crippen LogP contribution in [0.1, 0.15) is 34.3 Å². The number of aromatic nitrogens is 1. The number of hydrogen-bond acceptors (Lipinski definition) is 4. The van der Waals surface area contributed by atoms with Gasteiger partial charge in [0.25, 0.3) is 11.1 Å². The number of fused-ring (bicyclic) bond motifs is 1. The number of rotatable bonds is 7. The molecular formula is C24H22N2O2S. The first-order valence-corrected chi connectivity index (χ1v) is 10.6. The summed E-state index contributed by atoms with van der Waals surface area (Å²) in [4.78, 5) is 17.3. The molecule has 1 unspecified atom stereocenters. The van der Waals surface area contributed by atoms with Gasteiger partial charge in [-0.2, -0.15) is 0 Å². The van der Waals surface area contributed by atoms with Crippen LogP contribution >= 0.6 is 11.8 Å². The minimum Gasteiger partial charge on any atom is -0.431 e. The number of nitrogens with zero attached hydrogens (tertiary/aromatic N) is 1. The second kappa shape index (κ2) is 8.97. The summed E-state index contributed by atoms with van der Waals surface area (Å²) in [6.45, 7) is 2.71. The molecule has 1 heterocycles. The van der Waals surface area contributed by atoms with E-state index in [0.717, 1.165) is 16.7 Å². The predicted octanol–water partition coefficient (Wildman–Crippen LogP) is 5.65. The Morgan fingerprint density at radius 2 is 1.72 bits per heavy atom. The Kier molecular flexibility index (Phi) is 5.96. The van der Waals surface area contributed by atoms with Crippen molar-refractivity contribution in [3.63, 3.8) is 0 Å². The largest absolute Gasteiger partial charge is 0.431 e. The fraction of sp³-hybridized carbons (Fsp3) is 0.167. The Balaban J connectivity index is 1.41. The van der Waals surface area contributed by atoms with Gasteiger partial charge in [-0.1, -0.05) is 79.3 Å². The van der Waals surface area contributed by atoms with E-state index < -0.39 is 0 Å². The summed E-state index contributed by atoms with van der Waals surface area (Å²) in [7, 11) is 0. The lowest BCUT2D eigenvalue weighted by Crippen LogP contribution is -2.28. The molecule has 3 aromatic carbocycles. The lowest BCUT2D eigenvalue weighted by molar-refractivity contribution is 0.0951. The van der Waals surface area contributed by atoms with Gasteiger partial charge in [0.05, 0.1) is 0 Å². The van der Waals surface area contributed by atoms with Gasteiger partial charge in [-0.15, -0.1) is 0 Å². The number of carbonyl (C=O) groups is 1. The summed E-state index contributed by atoms with van der Waals surface area (Å²) in [5.74, 6) is 0.813. The van der Waals surface area contributed by atoms with Crippen LogP contribution in [0.5, 0.6) is 0 Å². The van der Waals surface area contributed by atoms with Crippen LogP contribution in [0.25, 0.3) is 11.1 Å². The number of oxazole rings is 1. The number of amides is 1. The molecule has 1 N–H and O–H groups in total. The first-order valence-electron chi connectivity index (χ1n) is 9.60. The van der Waals surface area contributed by atoms with Crippen LogP contribution in [0.15, 0.2) is 88.5 Å². The van der Waals surface area contributed by atoms with Gasteiger partial charge < -0.3 is 9.73 Å². The molecule has 1 atom stereocenters. The van der Waals surface area contributed by atoms with Crippen molar-refractivity contribution in [1.29, 1.82) is 0 Å². The third-order valence-corrected chi connectivity index (χ3v) is 5.70. The van der Waals surface area contributed by atoms with Crippen LogP contribution in [-0.2, 0) is 5.75 Å². The first-order chi connectivity index (χ1) is 14.2. The molecule has 0 aliphatic carbocycles. The van der Waals surface area contributed by atoms with E-state index in [2.05, 4.69) is 29.4 Å². The summed E-state index contributed by atoms with van der Waals surface area (Å²) < 4.78 is 5.77. The van der Waals surface area contributed by atoms with E-state index >= 15 is 0 Å². The standard InChI is InChI=1S/C24H22N2O2S/c1-17(18-9-3-2-4-10-18)15-25-23(27)20-12-6-5-11-19(20)16-29-24-26-21-13-7-8-14-22(21)28-24/h2-14,17H,15-16H2,1H3,(H,25,27). The molecule has 4 rings (SSSR count). The Morgan fingerprint density at radius 1 is 1.00 bits per heavy atom. The second-order valence-electron chi connectivity index (χ2n) is 6.92. The minimum atomic E-state index is -0.0541. The van der Waals surface area contributed by atoms with Crippen LogP contribution in [0, 0.1) is 0 Å². The maximum atomic E-state index is 12.8. The van der Waals surface area contributed by atoms with Gasteiger partial charge in [-0.3, -0.25) is 4.79 Å². The summed E-state index contributed by atoms with van der Waals surface area (Å²) in [6.07, 6.45) is 0. The molecule has 4 nitrogen and oxygen atoms in total. The van der Waals surface area contributed by atoms with Crippen molar-refractivity contribution in [2.75, 3.05) is 6.54 Å². The molecule has 0 aliphatic rings. The monoisotopic (exact) mass is 402 g/mol. The summed E-state index contributed by atoms with van der Waals surface area (Å²) >= 11 is 1.49. The van der Waals surface area contributed by atoms with Gasteiger partial charge in [-0.25, -0.2) is 4.98 Å². The molecule has 0 fully saturated rings. The van der Waals surface area contributed by atoms with Crippen LogP contribution in [-0.4, -0.2) is 17.4 Å². The molecule has 1 amide bonds. The molecule has 4 aromatic rings. The maximum Gasteiger partial charge on any atom is 0.257 e. The van der Waals surface area contributed by atoms with E-state index in [-0.39, 0.29) is 11.8 Å².